The summed E-state index contributed by atoms with van der Waals surface area (Å²) in [5, 5.41) is 0. The fourth-order valence-electron chi connectivity index (χ4n) is 2.62. The minimum atomic E-state index is -10.7. The number of nitrogens with zero attached hydrogens (tertiary/aromatic N) is 2. The fourth-order valence-corrected chi connectivity index (χ4v) is 2.62. The van der Waals surface area contributed by atoms with Crippen LogP contribution in [0.5, 0.6) is 0 Å². The Morgan fingerprint density at radius 2 is 0.892 bits per heavy atom. The zero-order valence-corrected chi connectivity index (χ0v) is 20.5. The average molecular weight is 595 g/mol. The minimum Gasteiger partial charge on any atom is -0.330 e. The van der Waals surface area contributed by atoms with Gasteiger partial charge in [-0.2, -0.15) is 0 Å². The number of rotatable bonds is 6. The van der Waals surface area contributed by atoms with E-state index in [9.17, 15) is 50.4 Å². The zero-order chi connectivity index (χ0) is 28.7. The van der Waals surface area contributed by atoms with E-state index < -0.39 is 15.6 Å². The molecule has 0 bridgehead atoms. The first-order valence-corrected chi connectivity index (χ1v) is 14.2. The second kappa shape index (κ2) is 9.99. The van der Waals surface area contributed by atoms with Gasteiger partial charge in [0.25, 0.3) is 0 Å². The summed E-state index contributed by atoms with van der Waals surface area (Å²) in [5.41, 5.74) is 9.34. The van der Waals surface area contributed by atoms with Crippen molar-refractivity contribution in [1.82, 2.24) is 0 Å². The third-order valence-corrected chi connectivity index (χ3v) is 3.94. The summed E-state index contributed by atoms with van der Waals surface area (Å²) >= 11 is 0. The molecule has 0 fully saturated rings. The first-order chi connectivity index (χ1) is 16.2. The second-order valence-electron chi connectivity index (χ2n) is 7.63. The molecular formula is C20H23F12N3P2. The topological polar surface area (TPSA) is 33.8 Å². The van der Waals surface area contributed by atoms with E-state index in [2.05, 4.69) is 82.5 Å². The Bertz CT molecular complexity index is 1080. The molecule has 2 heterocycles. The van der Waals surface area contributed by atoms with E-state index in [1.54, 1.807) is 0 Å². The first-order valence-electron chi connectivity index (χ1n) is 10.1. The number of aromatic nitrogens is 2. The second-order valence-corrected chi connectivity index (χ2v) is 11.5. The Morgan fingerprint density at radius 1 is 0.541 bits per heavy atom. The van der Waals surface area contributed by atoms with E-state index in [1.807, 2.05) is 6.07 Å². The minimum absolute atomic E-state index is 0.731. The quantitative estimate of drug-likeness (QED) is 0.172. The van der Waals surface area contributed by atoms with Crippen molar-refractivity contribution in [1.29, 1.82) is 0 Å². The normalized spacial score (nSPS) is 15.4. The number of hydrogen-bond donors (Lipinski definition) is 1. The van der Waals surface area contributed by atoms with Gasteiger partial charge in [0.1, 0.15) is 6.54 Å². The van der Waals surface area contributed by atoms with Gasteiger partial charge in [0, 0.05) is 36.2 Å². The summed E-state index contributed by atoms with van der Waals surface area (Å²) in [6, 6.07) is 19.2. The van der Waals surface area contributed by atoms with Crippen molar-refractivity contribution < 1.29 is 59.5 Å². The van der Waals surface area contributed by atoms with Gasteiger partial charge in [-0.3, -0.25) is 0 Å². The van der Waals surface area contributed by atoms with Gasteiger partial charge in [-0.25, -0.2) is 9.13 Å². The number of nitrogens with two attached hydrogens (primary N) is 1. The van der Waals surface area contributed by atoms with E-state index >= 15 is 0 Å². The van der Waals surface area contributed by atoms with E-state index in [1.165, 1.54) is 16.7 Å². The molecule has 0 radical (unpaired) electrons. The maximum absolute atomic E-state index is 10.7. The summed E-state index contributed by atoms with van der Waals surface area (Å²) < 4.78 is 123. The molecule has 0 aliphatic carbocycles. The molecule has 3 rings (SSSR count). The molecule has 17 heteroatoms. The summed E-state index contributed by atoms with van der Waals surface area (Å²) in [6.45, 7) is 2.60. The first kappa shape index (κ1) is 32.5. The predicted octanol–water partition coefficient (Wildman–Crippen LogP) is 9.09. The van der Waals surface area contributed by atoms with Crippen molar-refractivity contribution in [3.8, 4) is 11.1 Å². The van der Waals surface area contributed by atoms with Crippen molar-refractivity contribution in [2.75, 3.05) is 6.54 Å². The largest absolute Gasteiger partial charge is 0.330 e. The van der Waals surface area contributed by atoms with Crippen LogP contribution in [0.2, 0.25) is 0 Å². The Balaban J connectivity index is 0.000000404. The SMILES string of the molecule is F[P-](F)(F)(F)(F)F.F[P-](F)(F)(F)(F)F.NCCC[n+]1ccc(-c2cc[n+](Cc3ccccc3)cc2)cc1. The molecule has 2 aromatic heterocycles. The van der Waals surface area contributed by atoms with Gasteiger partial charge in [-0.1, -0.05) is 30.3 Å². The summed E-state index contributed by atoms with van der Waals surface area (Å²) in [5.74, 6) is 0. The summed E-state index contributed by atoms with van der Waals surface area (Å²) in [7, 11) is -21.3. The number of pyridine rings is 2. The van der Waals surface area contributed by atoms with Gasteiger partial charge in [0.15, 0.2) is 31.3 Å². The Labute approximate surface area is 203 Å². The third kappa shape index (κ3) is 23.6. The third-order valence-electron chi connectivity index (χ3n) is 3.94. The van der Waals surface area contributed by atoms with E-state index in [0.29, 0.717) is 0 Å². The van der Waals surface area contributed by atoms with Gasteiger partial charge < -0.3 is 5.73 Å². The van der Waals surface area contributed by atoms with Crippen LogP contribution in [-0.4, -0.2) is 6.54 Å². The average Bonchev–Trinajstić information content (AvgIpc) is 2.69. The van der Waals surface area contributed by atoms with Crippen LogP contribution in [0.25, 0.3) is 11.1 Å². The standard InChI is InChI=1S/C20H23N3.2F6P/c21-11-4-12-22-13-7-19(8-14-22)20-9-15-23(16-10-20)17-18-5-2-1-3-6-18;2*1-7(2,3,4,5)6/h1-3,5-10,13-16H,4,11-12,17,21H2;;/q+2;2*-1. The van der Waals surface area contributed by atoms with Gasteiger partial charge in [0.2, 0.25) is 0 Å². The molecule has 0 spiro atoms. The van der Waals surface area contributed by atoms with Crippen molar-refractivity contribution in [2.45, 2.75) is 19.5 Å². The molecule has 0 aliphatic rings. The molecule has 0 unspecified atom stereocenters. The van der Waals surface area contributed by atoms with Crippen molar-refractivity contribution >= 4 is 15.6 Å². The molecule has 37 heavy (non-hydrogen) atoms. The molecular weight excluding hydrogens is 572 g/mol. The van der Waals surface area contributed by atoms with E-state index in [0.717, 1.165) is 26.1 Å². The van der Waals surface area contributed by atoms with Crippen LogP contribution in [0.3, 0.4) is 0 Å². The van der Waals surface area contributed by atoms with Gasteiger partial charge in [0.05, 0.1) is 0 Å². The van der Waals surface area contributed by atoms with Crippen molar-refractivity contribution in [2.24, 2.45) is 5.73 Å². The molecule has 212 valence electrons. The monoisotopic (exact) mass is 595 g/mol. The summed E-state index contributed by atoms with van der Waals surface area (Å²) in [6.07, 6.45) is 9.52. The van der Waals surface area contributed by atoms with Crippen LogP contribution in [0.1, 0.15) is 12.0 Å². The van der Waals surface area contributed by atoms with Crippen molar-refractivity contribution in [3.63, 3.8) is 0 Å². The van der Waals surface area contributed by atoms with E-state index in [4.69, 9.17) is 5.73 Å². The van der Waals surface area contributed by atoms with Gasteiger partial charge >= 0.3 is 66.0 Å². The predicted molar refractivity (Wildman–Crippen MR) is 119 cm³/mol. The number of hydrogen-bond acceptors (Lipinski definition) is 1. The van der Waals surface area contributed by atoms with Gasteiger partial charge in [-0.15, -0.1) is 0 Å². The smallest absolute Gasteiger partial charge is 0.173 e. The van der Waals surface area contributed by atoms with Crippen molar-refractivity contribution in [3.05, 3.63) is 84.9 Å². The Hall–Kier alpha value is -2.50. The Kier molecular flexibility index (Phi) is 8.79. The maximum Gasteiger partial charge on any atom is 0.173 e. The number of aryl methyl sites for hydroxylation is 1. The van der Waals surface area contributed by atoms with Crippen LogP contribution in [0.4, 0.5) is 50.4 Å². The molecule has 3 aromatic rings. The molecule has 0 aliphatic heterocycles. The molecule has 1 aromatic carbocycles. The molecule has 2 N–H and O–H groups in total. The zero-order valence-electron chi connectivity index (χ0n) is 18.7. The van der Waals surface area contributed by atoms with E-state index in [-0.39, 0.29) is 0 Å². The van der Waals surface area contributed by atoms with Crippen LogP contribution in [0, 0.1) is 0 Å². The maximum atomic E-state index is 9.87. The van der Waals surface area contributed by atoms with Crippen LogP contribution in [0.15, 0.2) is 79.4 Å². The molecule has 3 nitrogen and oxygen atoms in total. The van der Waals surface area contributed by atoms with Crippen LogP contribution >= 0.6 is 15.6 Å². The molecule has 0 atom stereocenters. The molecule has 0 amide bonds. The van der Waals surface area contributed by atoms with Crippen LogP contribution in [-0.2, 0) is 13.1 Å². The van der Waals surface area contributed by atoms with Gasteiger partial charge in [-0.05, 0) is 17.7 Å². The molecule has 0 saturated heterocycles. The fraction of sp³-hybridized carbons (Fsp3) is 0.200. The number of benzene rings is 1. The Morgan fingerprint density at radius 3 is 1.24 bits per heavy atom. The summed E-state index contributed by atoms with van der Waals surface area (Å²) in [4.78, 5) is 0. The number of halogens is 12. The molecule has 0 saturated carbocycles. The van der Waals surface area contributed by atoms with Crippen LogP contribution < -0.4 is 14.9 Å².